The first kappa shape index (κ1) is 34.6. The second kappa shape index (κ2) is 18.0. The Morgan fingerprint density at radius 3 is 2.09 bits per heavy atom. The van der Waals surface area contributed by atoms with E-state index < -0.39 is 11.9 Å². The summed E-state index contributed by atoms with van der Waals surface area (Å²) in [6, 6.07) is 0. The molecule has 3 aromatic heterocycles. The van der Waals surface area contributed by atoms with Gasteiger partial charge in [0.2, 0.25) is 0 Å². The van der Waals surface area contributed by atoms with Crippen molar-refractivity contribution < 1.29 is 33.4 Å². The number of fused-ring (bicyclic) bond motifs is 1. The zero-order chi connectivity index (χ0) is 31.8. The largest absolute Gasteiger partial charge is 0.469 e. The van der Waals surface area contributed by atoms with E-state index in [-0.39, 0.29) is 23.1 Å². The molecule has 230 valence electrons. The number of anilines is 2. The van der Waals surface area contributed by atoms with Crippen LogP contribution in [0.15, 0.2) is 41.8 Å². The highest BCUT2D eigenvalue weighted by molar-refractivity contribution is 9.10. The maximum atomic E-state index is 11.5. The van der Waals surface area contributed by atoms with E-state index in [9.17, 15) is 19.2 Å². The molecule has 0 fully saturated rings. The second-order valence-electron chi connectivity index (χ2n) is 8.69. The molecule has 0 aliphatic carbocycles. The molecule has 0 bridgehead atoms. The average molecular weight is 662 g/mol. The van der Waals surface area contributed by atoms with Crippen LogP contribution in [0.1, 0.15) is 57.1 Å². The van der Waals surface area contributed by atoms with Crippen LogP contribution in [0.5, 0.6) is 0 Å². The summed E-state index contributed by atoms with van der Waals surface area (Å²) in [7, 11) is 7.64. The van der Waals surface area contributed by atoms with E-state index in [0.717, 1.165) is 13.0 Å². The molecule has 0 spiro atoms. The molecule has 0 saturated carbocycles. The van der Waals surface area contributed by atoms with Gasteiger partial charge in [-0.25, -0.2) is 39.5 Å². The molecule has 4 heterocycles. The number of carbonyl (C=O) groups excluding carboxylic acids is 4. The number of esters is 3. The Bertz CT molecular complexity index is 1390. The van der Waals surface area contributed by atoms with Crippen molar-refractivity contribution in [2.75, 3.05) is 58.3 Å². The number of carbonyl (C=O) groups is 4. The minimum atomic E-state index is -0.539. The predicted molar refractivity (Wildman–Crippen MR) is 158 cm³/mol. The monoisotopic (exact) mass is 660 g/mol. The molecule has 0 N–H and O–H groups in total. The molecule has 0 radical (unpaired) electrons. The molecule has 0 aromatic carbocycles. The first-order chi connectivity index (χ1) is 20.6. The first-order valence-electron chi connectivity index (χ1n) is 12.9. The highest BCUT2D eigenvalue weighted by Gasteiger charge is 2.20. The number of ketones is 1. The third-order valence-electron chi connectivity index (χ3n) is 5.76. The summed E-state index contributed by atoms with van der Waals surface area (Å²) in [4.78, 5) is 72.5. The Morgan fingerprint density at radius 2 is 1.44 bits per heavy atom. The molecule has 1 aliphatic heterocycles. The number of nitrogens with zero attached hydrogens (tertiary/aromatic N) is 8. The van der Waals surface area contributed by atoms with Gasteiger partial charge in [-0.15, -0.1) is 0 Å². The zero-order valence-corrected chi connectivity index (χ0v) is 26.1. The molecule has 0 saturated heterocycles. The van der Waals surface area contributed by atoms with Gasteiger partial charge in [-0.2, -0.15) is 0 Å². The Labute approximate surface area is 257 Å². The number of ether oxygens (including phenoxy) is 3. The number of halogens is 1. The smallest absolute Gasteiger partial charge is 0.360 e. The van der Waals surface area contributed by atoms with Gasteiger partial charge >= 0.3 is 17.9 Å². The summed E-state index contributed by atoms with van der Waals surface area (Å²) in [6.45, 7) is 1.43. The van der Waals surface area contributed by atoms with Crippen LogP contribution in [0.25, 0.3) is 0 Å². The molecule has 3 aromatic rings. The molecule has 4 rings (SSSR count). The van der Waals surface area contributed by atoms with E-state index in [4.69, 9.17) is 0 Å². The van der Waals surface area contributed by atoms with Crippen LogP contribution in [0.2, 0.25) is 0 Å². The van der Waals surface area contributed by atoms with Gasteiger partial charge < -0.3 is 24.0 Å². The van der Waals surface area contributed by atoms with E-state index >= 15 is 0 Å². The summed E-state index contributed by atoms with van der Waals surface area (Å²) in [5, 5.41) is 0. The number of hydrogen-bond donors (Lipinski definition) is 0. The highest BCUT2D eigenvalue weighted by Crippen LogP contribution is 2.20. The summed E-state index contributed by atoms with van der Waals surface area (Å²) >= 11 is 3.06. The topological polar surface area (TPSA) is 180 Å². The normalized spacial score (nSPS) is 11.8. The number of methoxy groups -OCH3 is 3. The molecule has 43 heavy (non-hydrogen) atoms. The third-order valence-corrected chi connectivity index (χ3v) is 6.34. The minimum Gasteiger partial charge on any atom is -0.469 e. The highest BCUT2D eigenvalue weighted by atomic mass is 79.9. The Hall–Kier alpha value is -4.60. The molecular formula is C27H33BrN8O7. The number of aromatic nitrogens is 6. The summed E-state index contributed by atoms with van der Waals surface area (Å²) in [6.07, 6.45) is 11.4. The third kappa shape index (κ3) is 10.6. The van der Waals surface area contributed by atoms with Gasteiger partial charge in [0.05, 0.1) is 21.3 Å². The fraction of sp³-hybridized carbons (Fsp3) is 0.407. The van der Waals surface area contributed by atoms with Gasteiger partial charge in [-0.05, 0) is 28.8 Å². The molecule has 1 aliphatic rings. The lowest BCUT2D eigenvalue weighted by atomic mass is 10.2. The summed E-state index contributed by atoms with van der Waals surface area (Å²) in [5.74, 6) is -0.0507. The summed E-state index contributed by atoms with van der Waals surface area (Å²) in [5.41, 5.74) is 0.864. The van der Waals surface area contributed by atoms with Crippen LogP contribution in [-0.2, 0) is 19.0 Å². The van der Waals surface area contributed by atoms with Crippen LogP contribution < -0.4 is 9.80 Å². The van der Waals surface area contributed by atoms with Crippen molar-refractivity contribution in [2.24, 2.45) is 0 Å². The lowest BCUT2D eigenvalue weighted by Gasteiger charge is -2.19. The lowest BCUT2D eigenvalue weighted by molar-refractivity contribution is -0.140. The first-order valence-corrected chi connectivity index (χ1v) is 13.7. The van der Waals surface area contributed by atoms with Crippen LogP contribution in [-0.4, -0.2) is 102 Å². The van der Waals surface area contributed by atoms with Crippen molar-refractivity contribution in [1.82, 2.24) is 29.9 Å². The summed E-state index contributed by atoms with van der Waals surface area (Å²) < 4.78 is 14.0. The van der Waals surface area contributed by atoms with Crippen molar-refractivity contribution in [3.05, 3.63) is 58.9 Å². The van der Waals surface area contributed by atoms with Crippen LogP contribution >= 0.6 is 15.9 Å². The zero-order valence-electron chi connectivity index (χ0n) is 24.5. The number of rotatable bonds is 7. The Morgan fingerprint density at radius 1 is 0.860 bits per heavy atom. The van der Waals surface area contributed by atoms with Gasteiger partial charge in [-0.1, -0.05) is 0 Å². The average Bonchev–Trinajstić information content (AvgIpc) is 3.18. The van der Waals surface area contributed by atoms with Crippen molar-refractivity contribution in [1.29, 1.82) is 0 Å². The SMILES string of the molecule is CN1CCCC(=O)c2nccnc21.COC(=O)CCCN(C)c1nccnc1C(=O)OC.COC(=O)c1nccnc1Br. The molecule has 0 unspecified atom stereocenters. The standard InChI is InChI=1S/C12H17N3O4.C9H11N3O.C6H5BrN2O2/c1-15(8-4-5-9(16)18-2)11-10(12(17)19-3)13-6-7-14-11;1-12-6-2-3-7(13)8-9(12)11-5-4-10-8;1-11-6(10)4-5(7)9-3-2-8-4/h6-7H,4-5,8H2,1-3H3;4-5H,2-3,6H2,1H3;2-3H,1H3. The van der Waals surface area contributed by atoms with E-state index in [1.807, 2.05) is 11.9 Å². The van der Waals surface area contributed by atoms with Gasteiger partial charge in [0, 0.05) is 77.2 Å². The molecule has 0 atom stereocenters. The van der Waals surface area contributed by atoms with Gasteiger partial charge in [-0.3, -0.25) is 9.59 Å². The number of Topliss-reactive ketones (excluding diaryl/α,β-unsaturated/α-hetero) is 1. The van der Waals surface area contributed by atoms with Crippen LogP contribution in [0, 0.1) is 0 Å². The maximum absolute atomic E-state index is 11.5. The van der Waals surface area contributed by atoms with Crippen molar-refractivity contribution >= 4 is 51.3 Å². The van der Waals surface area contributed by atoms with Gasteiger partial charge in [0.1, 0.15) is 10.3 Å². The van der Waals surface area contributed by atoms with Crippen molar-refractivity contribution in [3.8, 4) is 0 Å². The lowest BCUT2D eigenvalue weighted by Crippen LogP contribution is -2.24. The van der Waals surface area contributed by atoms with Crippen LogP contribution in [0.4, 0.5) is 11.6 Å². The van der Waals surface area contributed by atoms with E-state index in [2.05, 4.69) is 60.0 Å². The van der Waals surface area contributed by atoms with Gasteiger partial charge in [0.25, 0.3) is 0 Å². The maximum Gasteiger partial charge on any atom is 0.360 e. The fourth-order valence-corrected chi connectivity index (χ4v) is 3.96. The molecule has 0 amide bonds. The van der Waals surface area contributed by atoms with Crippen molar-refractivity contribution in [2.45, 2.75) is 25.7 Å². The molecule has 16 heteroatoms. The predicted octanol–water partition coefficient (Wildman–Crippen LogP) is 2.57. The molecular weight excluding hydrogens is 628 g/mol. The molecule has 15 nitrogen and oxygen atoms in total. The minimum absolute atomic E-state index is 0.104. The van der Waals surface area contributed by atoms with E-state index in [0.29, 0.717) is 47.7 Å². The van der Waals surface area contributed by atoms with Crippen molar-refractivity contribution in [3.63, 3.8) is 0 Å². The van der Waals surface area contributed by atoms with Gasteiger partial charge in [0.15, 0.2) is 28.8 Å². The second-order valence-corrected chi connectivity index (χ2v) is 9.44. The van der Waals surface area contributed by atoms with E-state index in [1.165, 1.54) is 46.1 Å². The Balaban J connectivity index is 0.000000235. The quantitative estimate of drug-likeness (QED) is 0.266. The fourth-order valence-electron chi connectivity index (χ4n) is 3.58. The van der Waals surface area contributed by atoms with Crippen LogP contribution in [0.3, 0.4) is 0 Å². The number of hydrogen-bond acceptors (Lipinski definition) is 15. The Kier molecular flexibility index (Phi) is 14.5. The van der Waals surface area contributed by atoms with E-state index in [1.54, 1.807) is 24.3 Å².